The summed E-state index contributed by atoms with van der Waals surface area (Å²) in [5.41, 5.74) is 3.96. The highest BCUT2D eigenvalue weighted by Gasteiger charge is 2.30. The van der Waals surface area contributed by atoms with Gasteiger partial charge >= 0.3 is 0 Å². The summed E-state index contributed by atoms with van der Waals surface area (Å²) >= 11 is 0. The SMILES string of the molecule is CC[C@@H](C(=O)N(Cc1cc(NC(=O)C2CC2)ccc1N(C)C)[C@@H](C)CC)c1ccccc1. The van der Waals surface area contributed by atoms with E-state index < -0.39 is 0 Å². The fourth-order valence-electron chi connectivity index (χ4n) is 4.11. The first-order valence-corrected chi connectivity index (χ1v) is 11.8. The summed E-state index contributed by atoms with van der Waals surface area (Å²) in [4.78, 5) is 30.1. The molecular weight excluding hydrogens is 398 g/mol. The maximum atomic E-state index is 13.8. The minimum atomic E-state index is -0.161. The zero-order chi connectivity index (χ0) is 23.3. The van der Waals surface area contributed by atoms with Gasteiger partial charge in [0.05, 0.1) is 5.92 Å². The minimum absolute atomic E-state index is 0.0959. The van der Waals surface area contributed by atoms with Crippen LogP contribution < -0.4 is 10.2 Å². The number of anilines is 2. The van der Waals surface area contributed by atoms with Gasteiger partial charge in [0.2, 0.25) is 11.8 Å². The van der Waals surface area contributed by atoms with Crippen LogP contribution in [0.15, 0.2) is 48.5 Å². The van der Waals surface area contributed by atoms with Gasteiger partial charge in [-0.2, -0.15) is 0 Å². The first kappa shape index (κ1) is 23.8. The quantitative estimate of drug-likeness (QED) is 0.542. The van der Waals surface area contributed by atoms with Crippen molar-refractivity contribution in [2.24, 2.45) is 5.92 Å². The molecule has 1 saturated carbocycles. The number of carbonyl (C=O) groups is 2. The first-order valence-electron chi connectivity index (χ1n) is 11.8. The molecule has 1 aliphatic carbocycles. The van der Waals surface area contributed by atoms with E-state index in [1.54, 1.807) is 0 Å². The second-order valence-corrected chi connectivity index (χ2v) is 9.10. The maximum absolute atomic E-state index is 13.8. The van der Waals surface area contributed by atoms with Crippen LogP contribution in [0.4, 0.5) is 11.4 Å². The van der Waals surface area contributed by atoms with Gasteiger partial charge in [-0.3, -0.25) is 9.59 Å². The lowest BCUT2D eigenvalue weighted by Crippen LogP contribution is -2.41. The Kier molecular flexibility index (Phi) is 7.94. The van der Waals surface area contributed by atoms with E-state index in [0.717, 1.165) is 48.2 Å². The van der Waals surface area contributed by atoms with Crippen molar-refractivity contribution in [1.82, 2.24) is 4.90 Å². The molecule has 0 radical (unpaired) electrons. The molecule has 1 fully saturated rings. The van der Waals surface area contributed by atoms with E-state index in [4.69, 9.17) is 0 Å². The highest BCUT2D eigenvalue weighted by atomic mass is 16.2. The van der Waals surface area contributed by atoms with Gasteiger partial charge < -0.3 is 15.1 Å². The Hall–Kier alpha value is -2.82. The normalized spacial score (nSPS) is 15.0. The number of hydrogen-bond donors (Lipinski definition) is 1. The molecule has 0 aromatic heterocycles. The van der Waals surface area contributed by atoms with Crippen LogP contribution in [0.5, 0.6) is 0 Å². The molecular formula is C27H37N3O2. The zero-order valence-corrected chi connectivity index (χ0v) is 20.1. The Balaban J connectivity index is 1.91. The number of rotatable bonds is 10. The number of hydrogen-bond acceptors (Lipinski definition) is 3. The van der Waals surface area contributed by atoms with E-state index in [1.165, 1.54) is 0 Å². The highest BCUT2D eigenvalue weighted by molar-refractivity contribution is 5.94. The van der Waals surface area contributed by atoms with E-state index in [-0.39, 0.29) is 29.7 Å². The highest BCUT2D eigenvalue weighted by Crippen LogP contribution is 2.32. The molecule has 1 aliphatic rings. The molecule has 2 aromatic rings. The Morgan fingerprint density at radius 1 is 1.03 bits per heavy atom. The van der Waals surface area contributed by atoms with Crippen LogP contribution in [0.3, 0.4) is 0 Å². The Labute approximate surface area is 192 Å². The Morgan fingerprint density at radius 3 is 2.28 bits per heavy atom. The molecule has 0 bridgehead atoms. The number of carbonyl (C=O) groups excluding carboxylic acids is 2. The van der Waals surface area contributed by atoms with Crippen molar-refractivity contribution in [3.63, 3.8) is 0 Å². The topological polar surface area (TPSA) is 52.7 Å². The molecule has 0 aliphatic heterocycles. The fraction of sp³-hybridized carbons (Fsp3) is 0.481. The largest absolute Gasteiger partial charge is 0.377 e. The van der Waals surface area contributed by atoms with Gasteiger partial charge in [-0.15, -0.1) is 0 Å². The lowest BCUT2D eigenvalue weighted by molar-refractivity contribution is -0.135. The van der Waals surface area contributed by atoms with Crippen LogP contribution in [0.2, 0.25) is 0 Å². The number of benzene rings is 2. The molecule has 5 nitrogen and oxygen atoms in total. The zero-order valence-electron chi connectivity index (χ0n) is 20.1. The van der Waals surface area contributed by atoms with Gasteiger partial charge in [-0.05, 0) is 61.9 Å². The molecule has 172 valence electrons. The second kappa shape index (κ2) is 10.7. The second-order valence-electron chi connectivity index (χ2n) is 9.10. The summed E-state index contributed by atoms with van der Waals surface area (Å²) < 4.78 is 0. The molecule has 0 heterocycles. The monoisotopic (exact) mass is 435 g/mol. The van der Waals surface area contributed by atoms with Crippen LogP contribution in [0, 0.1) is 5.92 Å². The van der Waals surface area contributed by atoms with E-state index in [0.29, 0.717) is 6.54 Å². The van der Waals surface area contributed by atoms with Gasteiger partial charge in [-0.1, -0.05) is 44.2 Å². The van der Waals surface area contributed by atoms with Gasteiger partial charge in [0.25, 0.3) is 0 Å². The van der Waals surface area contributed by atoms with Gasteiger partial charge in [0, 0.05) is 44.0 Å². The summed E-state index contributed by atoms with van der Waals surface area (Å²) in [6, 6.07) is 16.2. The molecule has 0 unspecified atom stereocenters. The molecule has 2 atom stereocenters. The minimum Gasteiger partial charge on any atom is -0.377 e. The lowest BCUT2D eigenvalue weighted by atomic mass is 9.94. The predicted octanol–water partition coefficient (Wildman–Crippen LogP) is 5.42. The smallest absolute Gasteiger partial charge is 0.230 e. The summed E-state index contributed by atoms with van der Waals surface area (Å²) in [6.07, 6.45) is 3.59. The Bertz CT molecular complexity index is 922. The van der Waals surface area contributed by atoms with Gasteiger partial charge in [-0.25, -0.2) is 0 Å². The molecule has 2 aromatic carbocycles. The lowest BCUT2D eigenvalue weighted by Gasteiger charge is -2.33. The van der Waals surface area contributed by atoms with Crippen molar-refractivity contribution in [2.45, 2.75) is 65.0 Å². The Morgan fingerprint density at radius 2 is 1.72 bits per heavy atom. The third kappa shape index (κ3) is 5.70. The summed E-state index contributed by atoms with van der Waals surface area (Å²) in [6.45, 7) is 6.82. The van der Waals surface area contributed by atoms with Crippen LogP contribution in [-0.4, -0.2) is 36.9 Å². The van der Waals surface area contributed by atoms with Crippen molar-refractivity contribution in [3.8, 4) is 0 Å². The number of nitrogens with one attached hydrogen (secondary N) is 1. The van der Waals surface area contributed by atoms with Crippen LogP contribution >= 0.6 is 0 Å². The molecule has 0 spiro atoms. The standard InChI is InChI=1S/C27H37N3O2/c1-6-19(3)30(27(32)24(7-2)20-11-9-8-10-12-20)18-22-17-23(15-16-25(22)29(4)5)28-26(31)21-13-14-21/h8-12,15-17,19,21,24H,6-7,13-14,18H2,1-5H3,(H,28,31)/t19-,24+/m0/s1. The van der Waals surface area contributed by atoms with E-state index in [2.05, 4.69) is 31.0 Å². The van der Waals surface area contributed by atoms with Crippen molar-refractivity contribution >= 4 is 23.2 Å². The van der Waals surface area contributed by atoms with E-state index >= 15 is 0 Å². The fourth-order valence-corrected chi connectivity index (χ4v) is 4.11. The third-order valence-electron chi connectivity index (χ3n) is 6.43. The van der Waals surface area contributed by atoms with Crippen LogP contribution in [0.1, 0.15) is 63.5 Å². The molecule has 5 heteroatoms. The van der Waals surface area contributed by atoms with E-state index in [9.17, 15) is 9.59 Å². The molecule has 32 heavy (non-hydrogen) atoms. The van der Waals surface area contributed by atoms with Gasteiger partial charge in [0.15, 0.2) is 0 Å². The number of nitrogens with zero attached hydrogens (tertiary/aromatic N) is 2. The molecule has 1 N–H and O–H groups in total. The van der Waals surface area contributed by atoms with E-state index in [1.807, 2.05) is 67.5 Å². The predicted molar refractivity (Wildman–Crippen MR) is 132 cm³/mol. The van der Waals surface area contributed by atoms with Crippen LogP contribution in [-0.2, 0) is 16.1 Å². The third-order valence-corrected chi connectivity index (χ3v) is 6.43. The van der Waals surface area contributed by atoms with Gasteiger partial charge in [0.1, 0.15) is 0 Å². The average Bonchev–Trinajstić information content (AvgIpc) is 3.63. The first-order chi connectivity index (χ1) is 15.3. The number of amides is 2. The molecule has 2 amide bonds. The average molecular weight is 436 g/mol. The van der Waals surface area contributed by atoms with Crippen molar-refractivity contribution in [3.05, 3.63) is 59.7 Å². The molecule has 3 rings (SSSR count). The maximum Gasteiger partial charge on any atom is 0.230 e. The summed E-state index contributed by atoms with van der Waals surface area (Å²) in [5.74, 6) is 0.246. The van der Waals surface area contributed by atoms with Crippen molar-refractivity contribution in [1.29, 1.82) is 0 Å². The van der Waals surface area contributed by atoms with Crippen molar-refractivity contribution in [2.75, 3.05) is 24.3 Å². The van der Waals surface area contributed by atoms with Crippen molar-refractivity contribution < 1.29 is 9.59 Å². The summed E-state index contributed by atoms with van der Waals surface area (Å²) in [7, 11) is 4.02. The molecule has 0 saturated heterocycles. The summed E-state index contributed by atoms with van der Waals surface area (Å²) in [5, 5.41) is 3.05. The van der Waals surface area contributed by atoms with Crippen LogP contribution in [0.25, 0.3) is 0 Å².